The van der Waals surface area contributed by atoms with Crippen molar-refractivity contribution < 1.29 is 38.2 Å². The maximum atomic E-state index is 13.9. The predicted molar refractivity (Wildman–Crippen MR) is 246 cm³/mol. The van der Waals surface area contributed by atoms with Gasteiger partial charge in [0.05, 0.1) is 14.2 Å². The van der Waals surface area contributed by atoms with Crippen molar-refractivity contribution in [2.45, 2.75) is 124 Å². The zero-order valence-electron chi connectivity index (χ0n) is 39.0. The number of ether oxygens (including phenoxy) is 3. The fourth-order valence-corrected chi connectivity index (χ4v) is 8.87. The number of hydrogen-bond donors (Lipinski definition) is 2. The molecule has 4 aromatic rings. The fourth-order valence-electron chi connectivity index (χ4n) is 8.87. The van der Waals surface area contributed by atoms with Crippen LogP contribution >= 0.6 is 0 Å². The third-order valence-electron chi connectivity index (χ3n) is 12.0. The smallest absolute Gasteiger partial charge is 0.410 e. The van der Waals surface area contributed by atoms with Gasteiger partial charge in [0.25, 0.3) is 11.8 Å². The Balaban J connectivity index is 0.000000243. The van der Waals surface area contributed by atoms with Crippen LogP contribution in [0.4, 0.5) is 4.79 Å². The second kappa shape index (κ2) is 20.0. The Labute approximate surface area is 373 Å². The summed E-state index contributed by atoms with van der Waals surface area (Å²) in [7, 11) is 3.15. The zero-order chi connectivity index (χ0) is 46.3. The number of methoxy groups -OCH3 is 2. The predicted octanol–water partition coefficient (Wildman–Crippen LogP) is 9.94. The number of nitrogens with one attached hydrogen (secondary N) is 2. The molecule has 6 rings (SSSR count). The van der Waals surface area contributed by atoms with Gasteiger partial charge >= 0.3 is 6.09 Å². The molecule has 2 fully saturated rings. The summed E-state index contributed by atoms with van der Waals surface area (Å²) in [6.07, 6.45) is 4.47. The van der Waals surface area contributed by atoms with E-state index in [4.69, 9.17) is 14.2 Å². The van der Waals surface area contributed by atoms with Gasteiger partial charge in [0, 0.05) is 46.5 Å². The Bertz CT molecular complexity index is 2310. The minimum Gasteiger partial charge on any atom is -0.496 e. The van der Waals surface area contributed by atoms with Crippen LogP contribution in [0.2, 0.25) is 0 Å². The first-order valence-electron chi connectivity index (χ1n) is 21.9. The second-order valence-electron chi connectivity index (χ2n) is 18.3. The molecule has 0 spiro atoms. The molecular weight excluding hydrogens is 795 g/mol. The minimum absolute atomic E-state index is 0.0212. The van der Waals surface area contributed by atoms with Crippen LogP contribution in [0.5, 0.6) is 11.5 Å². The van der Waals surface area contributed by atoms with E-state index in [0.29, 0.717) is 65.2 Å². The Morgan fingerprint density at radius 3 is 1.30 bits per heavy atom. The van der Waals surface area contributed by atoms with Gasteiger partial charge in [0.2, 0.25) is 0 Å². The van der Waals surface area contributed by atoms with Crippen LogP contribution in [0, 0.1) is 41.5 Å². The van der Waals surface area contributed by atoms with Gasteiger partial charge in [-0.25, -0.2) is 4.79 Å². The van der Waals surface area contributed by atoms with Gasteiger partial charge in [0.1, 0.15) is 28.2 Å². The molecule has 11 heteroatoms. The maximum Gasteiger partial charge on any atom is 0.410 e. The first-order chi connectivity index (χ1) is 29.7. The van der Waals surface area contributed by atoms with Crippen molar-refractivity contribution in [2.24, 2.45) is 0 Å². The first-order valence-corrected chi connectivity index (χ1v) is 21.9. The average molecular weight is 860 g/mol. The summed E-state index contributed by atoms with van der Waals surface area (Å²) in [4.78, 5) is 68.3. The Morgan fingerprint density at radius 2 is 0.937 bits per heavy atom. The Kier molecular flexibility index (Phi) is 15.3. The van der Waals surface area contributed by atoms with Crippen molar-refractivity contribution in [3.05, 3.63) is 128 Å². The van der Waals surface area contributed by atoms with Gasteiger partial charge in [0.15, 0.2) is 11.6 Å². The van der Waals surface area contributed by atoms with E-state index < -0.39 is 22.8 Å². The number of aryl methyl sites for hydroxylation is 4. The molecule has 4 aromatic carbocycles. The number of amides is 3. The van der Waals surface area contributed by atoms with Gasteiger partial charge in [-0.2, -0.15) is 0 Å². The SMILES string of the molecule is COc1cccc(C(=O)NC2(C(=O)c3cc(C)cc(C)c3)CCCCC2)c1C.COc1cccc(C(=O)NC2(C(=O)c3cc(C)cc(C)c3)CCN(C(=O)OC(C)(C)C)CC2)c1C. The number of hydrogen-bond acceptors (Lipinski definition) is 8. The van der Waals surface area contributed by atoms with Crippen molar-refractivity contribution in [3.8, 4) is 11.5 Å². The van der Waals surface area contributed by atoms with Gasteiger partial charge in [-0.3, -0.25) is 19.2 Å². The number of nitrogens with zero attached hydrogens (tertiary/aromatic N) is 1. The highest BCUT2D eigenvalue weighted by atomic mass is 16.6. The van der Waals surface area contributed by atoms with Gasteiger partial charge in [-0.15, -0.1) is 0 Å². The third kappa shape index (κ3) is 11.5. The lowest BCUT2D eigenvalue weighted by molar-refractivity contribution is 0.0148. The summed E-state index contributed by atoms with van der Waals surface area (Å²) in [5, 5.41) is 6.20. The number of piperidine rings is 1. The second-order valence-corrected chi connectivity index (χ2v) is 18.3. The molecule has 2 aliphatic rings. The number of Topliss-reactive ketones (excluding diaryl/α,β-unsaturated/α-hetero) is 2. The minimum atomic E-state index is -1.15. The van der Waals surface area contributed by atoms with Crippen LogP contribution in [0.3, 0.4) is 0 Å². The fraction of sp³-hybridized carbons (Fsp3) is 0.442. The summed E-state index contributed by atoms with van der Waals surface area (Å²) in [5.74, 6) is 0.592. The molecule has 1 saturated carbocycles. The van der Waals surface area contributed by atoms with Crippen molar-refractivity contribution in [1.82, 2.24) is 15.5 Å². The lowest BCUT2D eigenvalue weighted by Crippen LogP contribution is -2.61. The molecule has 1 aliphatic heterocycles. The molecule has 3 amide bonds. The molecule has 0 bridgehead atoms. The van der Waals surface area contributed by atoms with E-state index in [1.807, 2.05) is 98.7 Å². The monoisotopic (exact) mass is 859 g/mol. The highest BCUT2D eigenvalue weighted by Crippen LogP contribution is 2.34. The molecule has 336 valence electrons. The molecule has 1 saturated heterocycles. The maximum absolute atomic E-state index is 13.9. The number of carbonyl (C=O) groups excluding carboxylic acids is 5. The van der Waals surface area contributed by atoms with Crippen molar-refractivity contribution >= 4 is 29.5 Å². The average Bonchev–Trinajstić information content (AvgIpc) is 3.22. The van der Waals surface area contributed by atoms with Gasteiger partial charge in [-0.05, 0) is 137 Å². The number of likely N-dealkylation sites (tertiary alicyclic amines) is 1. The standard InChI is InChI=1S/C28H36N2O5.C24H29NO3/c1-18-15-19(2)17-21(16-18)24(31)28(11-13-30(14-12-28)26(33)35-27(4,5)6)29-25(32)22-9-8-10-23(34-7)20(22)3;1-16-13-17(2)15-19(14-16)22(26)24(11-6-5-7-12-24)25-23(27)20-9-8-10-21(28-4)18(20)3/h8-10,15-17H,11-14H2,1-7H3,(H,29,32);8-10,13-15H,5-7,11-12H2,1-4H3,(H,25,27). The number of carbonyl (C=O) groups is 5. The molecule has 1 heterocycles. The summed E-state index contributed by atoms with van der Waals surface area (Å²) < 4.78 is 16.2. The van der Waals surface area contributed by atoms with E-state index in [1.54, 1.807) is 49.5 Å². The van der Waals surface area contributed by atoms with Crippen LogP contribution < -0.4 is 20.1 Å². The molecule has 0 aromatic heterocycles. The van der Waals surface area contributed by atoms with Crippen LogP contribution in [0.1, 0.15) is 141 Å². The molecule has 0 radical (unpaired) electrons. The summed E-state index contributed by atoms with van der Waals surface area (Å²) in [6.45, 7) is 17.6. The van der Waals surface area contributed by atoms with E-state index in [-0.39, 0.29) is 36.2 Å². The van der Waals surface area contributed by atoms with E-state index in [1.165, 1.54) is 0 Å². The molecule has 63 heavy (non-hydrogen) atoms. The van der Waals surface area contributed by atoms with E-state index in [2.05, 4.69) is 16.7 Å². The van der Waals surface area contributed by atoms with Crippen LogP contribution in [-0.2, 0) is 4.74 Å². The Morgan fingerprint density at radius 1 is 0.556 bits per heavy atom. The number of rotatable bonds is 10. The summed E-state index contributed by atoms with van der Waals surface area (Å²) in [5.41, 5.74) is 5.19. The summed E-state index contributed by atoms with van der Waals surface area (Å²) >= 11 is 0. The third-order valence-corrected chi connectivity index (χ3v) is 12.0. The van der Waals surface area contributed by atoms with E-state index in [0.717, 1.165) is 47.1 Å². The molecular formula is C52H65N3O8. The lowest BCUT2D eigenvalue weighted by atomic mass is 9.76. The van der Waals surface area contributed by atoms with E-state index >= 15 is 0 Å². The first kappa shape index (κ1) is 48.1. The van der Waals surface area contributed by atoms with Gasteiger partial charge in [-0.1, -0.05) is 65.8 Å². The molecule has 0 unspecified atom stereocenters. The van der Waals surface area contributed by atoms with Crippen molar-refractivity contribution in [3.63, 3.8) is 0 Å². The van der Waals surface area contributed by atoms with Crippen molar-refractivity contribution in [2.75, 3.05) is 27.3 Å². The number of benzene rings is 4. The lowest BCUT2D eigenvalue weighted by Gasteiger charge is -2.41. The zero-order valence-corrected chi connectivity index (χ0v) is 39.0. The number of ketones is 2. The highest BCUT2D eigenvalue weighted by molar-refractivity contribution is 6.09. The topological polar surface area (TPSA) is 140 Å². The quantitative estimate of drug-likeness (QED) is 0.150. The Hall–Kier alpha value is -5.97. The van der Waals surface area contributed by atoms with Crippen LogP contribution in [0.15, 0.2) is 72.8 Å². The molecule has 1 aliphatic carbocycles. The molecule has 0 atom stereocenters. The summed E-state index contributed by atoms with van der Waals surface area (Å²) in [6, 6.07) is 22.3. The van der Waals surface area contributed by atoms with Crippen LogP contribution in [0.25, 0.3) is 0 Å². The van der Waals surface area contributed by atoms with Crippen LogP contribution in [-0.4, -0.2) is 78.4 Å². The van der Waals surface area contributed by atoms with E-state index in [9.17, 15) is 24.0 Å². The molecule has 2 N–H and O–H groups in total. The highest BCUT2D eigenvalue weighted by Gasteiger charge is 2.45. The van der Waals surface area contributed by atoms with Crippen molar-refractivity contribution in [1.29, 1.82) is 0 Å². The largest absolute Gasteiger partial charge is 0.496 e. The molecule has 11 nitrogen and oxygen atoms in total. The van der Waals surface area contributed by atoms with Gasteiger partial charge < -0.3 is 29.7 Å². The normalized spacial score (nSPS) is 15.5.